The average molecular weight is 261 g/mol. The summed E-state index contributed by atoms with van der Waals surface area (Å²) in [7, 11) is 0. The number of benzene rings is 1. The molecular weight excluding hydrogens is 234 g/mol. The predicted octanol–water partition coefficient (Wildman–Crippen LogP) is 4.86. The molecule has 1 fully saturated rings. The highest BCUT2D eigenvalue weighted by Gasteiger charge is 2.16. The third-order valence-electron chi connectivity index (χ3n) is 3.90. The molecule has 0 radical (unpaired) electrons. The standard InChI is InChI=1S/C17H27NO/c1-3-6-14(2)13-18-15-9-11-17(12-10-15)19-16-7-4-5-8-16/h9-12,14,16,18H,3-8,13H2,1-2H3. The molecule has 106 valence electrons. The van der Waals surface area contributed by atoms with Crippen LogP contribution in [0.3, 0.4) is 0 Å². The summed E-state index contributed by atoms with van der Waals surface area (Å²) in [5.74, 6) is 1.75. The number of anilines is 1. The molecular formula is C17H27NO. The highest BCUT2D eigenvalue weighted by molar-refractivity contribution is 5.46. The zero-order valence-electron chi connectivity index (χ0n) is 12.3. The van der Waals surface area contributed by atoms with Crippen molar-refractivity contribution in [1.29, 1.82) is 0 Å². The summed E-state index contributed by atoms with van der Waals surface area (Å²) in [6.07, 6.45) is 8.07. The lowest BCUT2D eigenvalue weighted by molar-refractivity contribution is 0.210. The van der Waals surface area contributed by atoms with E-state index in [0.717, 1.165) is 18.2 Å². The molecule has 2 nitrogen and oxygen atoms in total. The number of nitrogens with one attached hydrogen (secondary N) is 1. The molecule has 1 N–H and O–H groups in total. The van der Waals surface area contributed by atoms with Gasteiger partial charge in [0.05, 0.1) is 6.10 Å². The van der Waals surface area contributed by atoms with Gasteiger partial charge in [-0.2, -0.15) is 0 Å². The van der Waals surface area contributed by atoms with E-state index in [4.69, 9.17) is 4.74 Å². The topological polar surface area (TPSA) is 21.3 Å². The molecule has 0 spiro atoms. The molecule has 0 aliphatic heterocycles. The first-order chi connectivity index (χ1) is 9.28. The molecule has 1 aromatic rings. The van der Waals surface area contributed by atoms with Crippen LogP contribution in [-0.4, -0.2) is 12.6 Å². The van der Waals surface area contributed by atoms with Crippen molar-refractivity contribution in [3.8, 4) is 5.75 Å². The van der Waals surface area contributed by atoms with E-state index in [2.05, 4.69) is 43.4 Å². The Hall–Kier alpha value is -1.18. The minimum absolute atomic E-state index is 0.448. The van der Waals surface area contributed by atoms with Crippen molar-refractivity contribution < 1.29 is 4.74 Å². The highest BCUT2D eigenvalue weighted by atomic mass is 16.5. The Morgan fingerprint density at radius 3 is 2.53 bits per heavy atom. The second kappa shape index (κ2) is 7.42. The summed E-state index contributed by atoms with van der Waals surface area (Å²) in [6.45, 7) is 5.59. The number of ether oxygens (including phenoxy) is 1. The normalized spacial score (nSPS) is 17.4. The zero-order chi connectivity index (χ0) is 13.5. The summed E-state index contributed by atoms with van der Waals surface area (Å²) in [6, 6.07) is 8.43. The van der Waals surface area contributed by atoms with E-state index < -0.39 is 0 Å². The lowest BCUT2D eigenvalue weighted by Crippen LogP contribution is -2.12. The quantitative estimate of drug-likeness (QED) is 0.757. The van der Waals surface area contributed by atoms with Gasteiger partial charge in [-0.3, -0.25) is 0 Å². The third kappa shape index (κ3) is 4.77. The van der Waals surface area contributed by atoms with Crippen LogP contribution in [-0.2, 0) is 0 Å². The average Bonchev–Trinajstić information content (AvgIpc) is 2.91. The number of hydrogen-bond donors (Lipinski definition) is 1. The molecule has 1 aliphatic rings. The lowest BCUT2D eigenvalue weighted by Gasteiger charge is -2.15. The molecule has 2 heteroatoms. The second-order valence-corrected chi connectivity index (χ2v) is 5.82. The van der Waals surface area contributed by atoms with Crippen molar-refractivity contribution in [2.75, 3.05) is 11.9 Å². The van der Waals surface area contributed by atoms with E-state index in [1.54, 1.807) is 0 Å². The van der Waals surface area contributed by atoms with Crippen LogP contribution in [0.4, 0.5) is 5.69 Å². The van der Waals surface area contributed by atoms with Gasteiger partial charge in [-0.05, 0) is 62.3 Å². The Labute approximate surface area is 117 Å². The summed E-state index contributed by atoms with van der Waals surface area (Å²) in [5.41, 5.74) is 1.20. The smallest absolute Gasteiger partial charge is 0.119 e. The van der Waals surface area contributed by atoms with E-state index in [1.165, 1.54) is 44.2 Å². The predicted molar refractivity (Wildman–Crippen MR) is 81.9 cm³/mol. The maximum atomic E-state index is 5.97. The van der Waals surface area contributed by atoms with Crippen LogP contribution >= 0.6 is 0 Å². The summed E-state index contributed by atoms with van der Waals surface area (Å²) >= 11 is 0. The molecule has 0 bridgehead atoms. The Morgan fingerprint density at radius 1 is 1.21 bits per heavy atom. The van der Waals surface area contributed by atoms with Gasteiger partial charge in [-0.15, -0.1) is 0 Å². The first-order valence-corrected chi connectivity index (χ1v) is 7.78. The fourth-order valence-corrected chi connectivity index (χ4v) is 2.74. The maximum absolute atomic E-state index is 5.97. The van der Waals surface area contributed by atoms with Crippen LogP contribution < -0.4 is 10.1 Å². The van der Waals surface area contributed by atoms with E-state index in [1.807, 2.05) is 0 Å². The summed E-state index contributed by atoms with van der Waals surface area (Å²) < 4.78 is 5.97. The molecule has 0 amide bonds. The SMILES string of the molecule is CCCC(C)CNc1ccc(OC2CCCC2)cc1. The van der Waals surface area contributed by atoms with Gasteiger partial charge in [0.25, 0.3) is 0 Å². The minimum Gasteiger partial charge on any atom is -0.490 e. The van der Waals surface area contributed by atoms with E-state index in [-0.39, 0.29) is 0 Å². The molecule has 1 saturated carbocycles. The fraction of sp³-hybridized carbons (Fsp3) is 0.647. The van der Waals surface area contributed by atoms with Crippen LogP contribution in [0.25, 0.3) is 0 Å². The molecule has 1 aliphatic carbocycles. The van der Waals surface area contributed by atoms with Gasteiger partial charge in [-0.1, -0.05) is 20.3 Å². The molecule has 0 saturated heterocycles. The molecule has 1 unspecified atom stereocenters. The number of rotatable bonds is 7. The van der Waals surface area contributed by atoms with Gasteiger partial charge < -0.3 is 10.1 Å². The first-order valence-electron chi connectivity index (χ1n) is 7.78. The molecule has 19 heavy (non-hydrogen) atoms. The van der Waals surface area contributed by atoms with Gasteiger partial charge in [-0.25, -0.2) is 0 Å². The van der Waals surface area contributed by atoms with E-state index in [0.29, 0.717) is 6.10 Å². The Bertz CT molecular complexity index is 354. The Morgan fingerprint density at radius 2 is 1.89 bits per heavy atom. The second-order valence-electron chi connectivity index (χ2n) is 5.82. The first kappa shape index (κ1) is 14.2. The lowest BCUT2D eigenvalue weighted by atomic mass is 10.1. The minimum atomic E-state index is 0.448. The van der Waals surface area contributed by atoms with Crippen LogP contribution in [0.2, 0.25) is 0 Å². The van der Waals surface area contributed by atoms with E-state index >= 15 is 0 Å². The Balaban J connectivity index is 1.77. The fourth-order valence-electron chi connectivity index (χ4n) is 2.74. The van der Waals surface area contributed by atoms with Crippen molar-refractivity contribution in [3.63, 3.8) is 0 Å². The third-order valence-corrected chi connectivity index (χ3v) is 3.90. The van der Waals surface area contributed by atoms with Gasteiger partial charge in [0.1, 0.15) is 5.75 Å². The largest absolute Gasteiger partial charge is 0.490 e. The summed E-state index contributed by atoms with van der Waals surface area (Å²) in [5, 5.41) is 3.49. The van der Waals surface area contributed by atoms with Crippen molar-refractivity contribution in [2.45, 2.75) is 58.5 Å². The highest BCUT2D eigenvalue weighted by Crippen LogP contribution is 2.25. The molecule has 1 aromatic carbocycles. The molecule has 0 aromatic heterocycles. The van der Waals surface area contributed by atoms with Crippen LogP contribution in [0.1, 0.15) is 52.4 Å². The van der Waals surface area contributed by atoms with Crippen molar-refractivity contribution in [3.05, 3.63) is 24.3 Å². The van der Waals surface area contributed by atoms with Crippen molar-refractivity contribution in [2.24, 2.45) is 5.92 Å². The van der Waals surface area contributed by atoms with E-state index in [9.17, 15) is 0 Å². The number of hydrogen-bond acceptors (Lipinski definition) is 2. The van der Waals surface area contributed by atoms with Gasteiger partial charge in [0.2, 0.25) is 0 Å². The molecule has 1 atom stereocenters. The van der Waals surface area contributed by atoms with Gasteiger partial charge >= 0.3 is 0 Å². The van der Waals surface area contributed by atoms with Crippen molar-refractivity contribution in [1.82, 2.24) is 0 Å². The van der Waals surface area contributed by atoms with Gasteiger partial charge in [0.15, 0.2) is 0 Å². The van der Waals surface area contributed by atoms with Crippen molar-refractivity contribution >= 4 is 5.69 Å². The zero-order valence-corrected chi connectivity index (χ0v) is 12.3. The van der Waals surface area contributed by atoms with Crippen LogP contribution in [0, 0.1) is 5.92 Å². The monoisotopic (exact) mass is 261 g/mol. The molecule has 2 rings (SSSR count). The van der Waals surface area contributed by atoms with Gasteiger partial charge in [0, 0.05) is 12.2 Å². The maximum Gasteiger partial charge on any atom is 0.119 e. The molecule has 0 heterocycles. The Kier molecular flexibility index (Phi) is 5.56. The van der Waals surface area contributed by atoms with Crippen LogP contribution in [0.5, 0.6) is 5.75 Å². The summed E-state index contributed by atoms with van der Waals surface area (Å²) in [4.78, 5) is 0. The van der Waals surface area contributed by atoms with Crippen LogP contribution in [0.15, 0.2) is 24.3 Å².